The first kappa shape index (κ1) is 26.7. The first-order valence-electron chi connectivity index (χ1n) is 10.5. The number of carbonyl (C=O) groups is 5. The zero-order valence-electron chi connectivity index (χ0n) is 18.7. The minimum atomic E-state index is -1.58. The maximum absolute atomic E-state index is 13.1. The van der Waals surface area contributed by atoms with Gasteiger partial charge in [-0.3, -0.25) is 24.0 Å². The van der Waals surface area contributed by atoms with Crippen molar-refractivity contribution in [3.8, 4) is 5.75 Å². The van der Waals surface area contributed by atoms with E-state index in [1.165, 1.54) is 26.0 Å². The number of nitrogens with two attached hydrogens (primary N) is 1. The molecule has 9 N–H and O–H groups in total. The number of fused-ring (bicyclic) bond motifs is 1. The van der Waals surface area contributed by atoms with Crippen LogP contribution >= 0.6 is 0 Å². The predicted octanol–water partition coefficient (Wildman–Crippen LogP) is -2.66. The van der Waals surface area contributed by atoms with Crippen molar-refractivity contribution in [2.24, 2.45) is 11.7 Å². The van der Waals surface area contributed by atoms with Gasteiger partial charge in [0.15, 0.2) is 5.78 Å². The van der Waals surface area contributed by atoms with Crippen LogP contribution in [0.4, 0.5) is 5.69 Å². The Hall–Kier alpha value is -3.55. The SMILES string of the molecule is C[C@@H]1C(=O)NCC(=O)N[C@H](C)C(=O)Nc2cc(O)ccc2C(=O)C[C@@H](NC(=O)[C@@H](N)CO)[C@@H]1O. The van der Waals surface area contributed by atoms with Crippen molar-refractivity contribution in [3.63, 3.8) is 0 Å². The molecule has 1 aliphatic heterocycles. The highest BCUT2D eigenvalue weighted by atomic mass is 16.3. The van der Waals surface area contributed by atoms with E-state index in [9.17, 15) is 34.2 Å². The number of hydrogen-bond acceptors (Lipinski definition) is 9. The van der Waals surface area contributed by atoms with Gasteiger partial charge in [0.25, 0.3) is 0 Å². The van der Waals surface area contributed by atoms with Crippen molar-refractivity contribution in [3.05, 3.63) is 23.8 Å². The number of hydrogen-bond donors (Lipinski definition) is 8. The largest absolute Gasteiger partial charge is 0.508 e. The van der Waals surface area contributed by atoms with Gasteiger partial charge >= 0.3 is 0 Å². The van der Waals surface area contributed by atoms with Gasteiger partial charge in [0.1, 0.15) is 17.8 Å². The highest BCUT2D eigenvalue weighted by Crippen LogP contribution is 2.25. The summed E-state index contributed by atoms with van der Waals surface area (Å²) in [4.78, 5) is 62.5. The molecule has 5 atom stereocenters. The molecule has 0 fully saturated rings. The number of nitrogens with one attached hydrogen (secondary N) is 4. The molecule has 0 unspecified atom stereocenters. The van der Waals surface area contributed by atoms with Gasteiger partial charge in [-0.15, -0.1) is 0 Å². The minimum absolute atomic E-state index is 0.0467. The Bertz CT molecular complexity index is 968. The van der Waals surface area contributed by atoms with E-state index in [4.69, 9.17) is 10.8 Å². The van der Waals surface area contributed by atoms with Crippen molar-refractivity contribution < 1.29 is 39.3 Å². The lowest BCUT2D eigenvalue weighted by Crippen LogP contribution is -2.55. The van der Waals surface area contributed by atoms with Crippen LogP contribution in [-0.4, -0.2) is 82.1 Å². The van der Waals surface area contributed by atoms with Crippen molar-refractivity contribution in [1.29, 1.82) is 0 Å². The zero-order valence-corrected chi connectivity index (χ0v) is 18.7. The summed E-state index contributed by atoms with van der Waals surface area (Å²) < 4.78 is 0. The lowest BCUT2D eigenvalue weighted by Gasteiger charge is -2.28. The Morgan fingerprint density at radius 1 is 1.21 bits per heavy atom. The van der Waals surface area contributed by atoms with Gasteiger partial charge in [0.2, 0.25) is 23.6 Å². The van der Waals surface area contributed by atoms with E-state index in [1.54, 1.807) is 0 Å². The topological polar surface area (TPSA) is 220 Å². The van der Waals surface area contributed by atoms with Crippen LogP contribution in [0.3, 0.4) is 0 Å². The lowest BCUT2D eigenvalue weighted by molar-refractivity contribution is -0.133. The van der Waals surface area contributed by atoms with Crippen molar-refractivity contribution in [2.45, 2.75) is 44.5 Å². The minimum Gasteiger partial charge on any atom is -0.508 e. The number of phenolic OH excluding ortho intramolecular Hbond substituents is 1. The number of rotatable bonds is 3. The monoisotopic (exact) mass is 479 g/mol. The first-order chi connectivity index (χ1) is 15.9. The number of phenols is 1. The molecule has 186 valence electrons. The quantitative estimate of drug-likeness (QED) is 0.226. The van der Waals surface area contributed by atoms with Crippen LogP contribution in [0.1, 0.15) is 30.6 Å². The molecule has 4 amide bonds. The summed E-state index contributed by atoms with van der Waals surface area (Å²) in [5.41, 5.74) is 5.41. The van der Waals surface area contributed by atoms with Gasteiger partial charge in [0, 0.05) is 18.1 Å². The van der Waals surface area contributed by atoms with E-state index in [-0.39, 0.29) is 17.0 Å². The number of aliphatic hydroxyl groups is 2. The Morgan fingerprint density at radius 2 is 1.88 bits per heavy atom. The fourth-order valence-corrected chi connectivity index (χ4v) is 3.25. The van der Waals surface area contributed by atoms with Gasteiger partial charge in [-0.1, -0.05) is 6.92 Å². The number of amides is 4. The number of aromatic hydroxyl groups is 1. The lowest BCUT2D eigenvalue weighted by atomic mass is 9.91. The molecule has 34 heavy (non-hydrogen) atoms. The molecular formula is C21H29N5O8. The molecule has 0 bridgehead atoms. The molecule has 0 aliphatic carbocycles. The summed E-state index contributed by atoms with van der Waals surface area (Å²) in [5.74, 6) is -5.03. The van der Waals surface area contributed by atoms with Crippen molar-refractivity contribution in [1.82, 2.24) is 16.0 Å². The van der Waals surface area contributed by atoms with Crippen LogP contribution in [0.5, 0.6) is 5.75 Å². The van der Waals surface area contributed by atoms with E-state index < -0.39 is 79.1 Å². The zero-order chi connectivity index (χ0) is 25.6. The second kappa shape index (κ2) is 11.5. The predicted molar refractivity (Wildman–Crippen MR) is 118 cm³/mol. The normalized spacial score (nSPS) is 25.6. The van der Waals surface area contributed by atoms with E-state index in [2.05, 4.69) is 21.3 Å². The third-order valence-corrected chi connectivity index (χ3v) is 5.36. The number of ketones is 1. The number of aliphatic hydroxyl groups excluding tert-OH is 2. The van der Waals surface area contributed by atoms with E-state index in [0.29, 0.717) is 0 Å². The molecule has 0 radical (unpaired) electrons. The second-order valence-corrected chi connectivity index (χ2v) is 8.04. The molecule has 0 aromatic heterocycles. The van der Waals surface area contributed by atoms with Crippen LogP contribution in [0.25, 0.3) is 0 Å². The maximum Gasteiger partial charge on any atom is 0.246 e. The fourth-order valence-electron chi connectivity index (χ4n) is 3.25. The summed E-state index contributed by atoms with van der Waals surface area (Å²) in [6.45, 7) is 1.54. The molecular weight excluding hydrogens is 450 g/mol. The number of Topliss-reactive ketones (excluding diaryl/α,β-unsaturated/α-hetero) is 1. The first-order valence-corrected chi connectivity index (χ1v) is 10.5. The molecule has 0 saturated heterocycles. The molecule has 1 aliphatic rings. The standard InChI is InChI=1S/C21H29N5O8/c1-9-18(31)15(26-21(34)13(22)8-27)6-16(29)12-4-3-11(28)5-14(12)25-20(33)10(2)24-17(30)7-23-19(9)32/h3-5,9-10,13,15,18,27-28,31H,6-8,22H2,1-2H3,(H,23,32)(H,24,30)(H,25,33)(H,26,34)/t9-,10+,13-,15+,18+/m0/s1. The Morgan fingerprint density at radius 3 is 2.53 bits per heavy atom. The van der Waals surface area contributed by atoms with E-state index in [1.807, 2.05) is 0 Å². The van der Waals surface area contributed by atoms with Crippen LogP contribution in [0.15, 0.2) is 18.2 Å². The molecule has 1 aromatic rings. The Labute approximate surface area is 195 Å². The van der Waals surface area contributed by atoms with Crippen LogP contribution < -0.4 is 27.0 Å². The number of anilines is 1. The summed E-state index contributed by atoms with van der Waals surface area (Å²) in [5, 5.41) is 39.3. The Kier molecular flexibility index (Phi) is 9.06. The molecule has 13 nitrogen and oxygen atoms in total. The summed E-state index contributed by atoms with van der Waals surface area (Å²) in [7, 11) is 0. The maximum atomic E-state index is 13.1. The second-order valence-electron chi connectivity index (χ2n) is 8.04. The fraction of sp³-hybridized carbons (Fsp3) is 0.476. The average molecular weight is 479 g/mol. The summed E-state index contributed by atoms with van der Waals surface area (Å²) >= 11 is 0. The highest BCUT2D eigenvalue weighted by molar-refractivity contribution is 6.07. The smallest absolute Gasteiger partial charge is 0.246 e. The molecule has 2 rings (SSSR count). The number of benzene rings is 1. The van der Waals surface area contributed by atoms with Crippen LogP contribution in [-0.2, 0) is 19.2 Å². The Balaban J connectivity index is 2.48. The van der Waals surface area contributed by atoms with Gasteiger partial charge in [-0.25, -0.2) is 0 Å². The van der Waals surface area contributed by atoms with Gasteiger partial charge in [-0.2, -0.15) is 0 Å². The van der Waals surface area contributed by atoms with Gasteiger partial charge < -0.3 is 42.3 Å². The third-order valence-electron chi connectivity index (χ3n) is 5.36. The van der Waals surface area contributed by atoms with E-state index in [0.717, 1.165) is 6.07 Å². The summed E-state index contributed by atoms with van der Waals surface area (Å²) in [6, 6.07) is -0.100. The number of carbonyl (C=O) groups excluding carboxylic acids is 5. The van der Waals surface area contributed by atoms with Crippen molar-refractivity contribution >= 4 is 35.1 Å². The average Bonchev–Trinajstić information content (AvgIpc) is 2.79. The molecule has 13 heteroatoms. The molecule has 0 saturated carbocycles. The van der Waals surface area contributed by atoms with Crippen LogP contribution in [0.2, 0.25) is 0 Å². The van der Waals surface area contributed by atoms with E-state index >= 15 is 0 Å². The summed E-state index contributed by atoms with van der Waals surface area (Å²) in [6.07, 6.45) is -2.09. The highest BCUT2D eigenvalue weighted by Gasteiger charge is 2.34. The van der Waals surface area contributed by atoms with Gasteiger partial charge in [-0.05, 0) is 19.1 Å². The van der Waals surface area contributed by atoms with Gasteiger partial charge in [0.05, 0.1) is 36.9 Å². The van der Waals surface area contributed by atoms with Crippen molar-refractivity contribution in [2.75, 3.05) is 18.5 Å². The molecule has 0 spiro atoms. The molecule has 1 aromatic carbocycles. The third kappa shape index (κ3) is 6.73. The molecule has 1 heterocycles. The van der Waals surface area contributed by atoms with Crippen LogP contribution in [0, 0.1) is 5.92 Å².